The molecule has 1 N–H and O–H groups in total. The van der Waals surface area contributed by atoms with Gasteiger partial charge in [-0.15, -0.1) is 0 Å². The minimum Gasteiger partial charge on any atom is -0.465 e. The fourth-order valence-electron chi connectivity index (χ4n) is 10.3. The fraction of sp³-hybridized carbons (Fsp3) is 0.938. The molecular weight excluding hydrogens is 863 g/mol. The smallest absolute Gasteiger partial charge is 0.308 e. The molecule has 2 atom stereocenters. The van der Waals surface area contributed by atoms with Gasteiger partial charge in [-0.25, -0.2) is 0 Å². The molecule has 0 radical (unpaired) electrons. The number of nitrogens with zero attached hydrogens (tertiary/aromatic N) is 1. The summed E-state index contributed by atoms with van der Waals surface area (Å²) in [6.45, 7) is 13.3. The molecule has 0 amide bonds. The van der Waals surface area contributed by atoms with Crippen molar-refractivity contribution in [1.82, 2.24) is 4.90 Å². The molecule has 0 saturated carbocycles. The molecule has 0 spiro atoms. The molecule has 0 aromatic rings. The fourth-order valence-corrected chi connectivity index (χ4v) is 10.3. The molecular formula is C64H125NO5. The summed E-state index contributed by atoms with van der Waals surface area (Å²) in [4.78, 5) is 29.1. The van der Waals surface area contributed by atoms with Crippen LogP contribution in [0.2, 0.25) is 0 Å². The lowest BCUT2D eigenvalue weighted by molar-refractivity contribution is -0.150. The van der Waals surface area contributed by atoms with Gasteiger partial charge in [0.05, 0.1) is 31.7 Å². The number of carbonyl (C=O) groups is 2. The van der Waals surface area contributed by atoms with Gasteiger partial charge in [0.2, 0.25) is 0 Å². The number of esters is 2. The normalized spacial score (nSPS) is 12.7. The number of aliphatic hydroxyl groups excluding tert-OH is 1. The molecule has 6 heteroatoms. The van der Waals surface area contributed by atoms with Crippen molar-refractivity contribution in [1.29, 1.82) is 0 Å². The van der Waals surface area contributed by atoms with Crippen molar-refractivity contribution in [3.63, 3.8) is 0 Å². The lowest BCUT2D eigenvalue weighted by Gasteiger charge is -2.21. The Balaban J connectivity index is 4.59. The van der Waals surface area contributed by atoms with Crippen molar-refractivity contribution in [3.8, 4) is 0 Å². The monoisotopic (exact) mass is 988 g/mol. The van der Waals surface area contributed by atoms with E-state index >= 15 is 0 Å². The van der Waals surface area contributed by atoms with Crippen molar-refractivity contribution < 1.29 is 24.2 Å². The maximum Gasteiger partial charge on any atom is 0.308 e. The van der Waals surface area contributed by atoms with Crippen LogP contribution in [-0.2, 0) is 19.1 Å². The van der Waals surface area contributed by atoms with E-state index in [1.807, 2.05) is 6.08 Å². The number of carbonyl (C=O) groups excluding carboxylic acids is 2. The summed E-state index contributed by atoms with van der Waals surface area (Å²) in [7, 11) is 0. The molecule has 0 heterocycles. The Hall–Kier alpha value is -1.40. The molecule has 0 bridgehead atoms. The number of ether oxygens (including phenoxy) is 2. The van der Waals surface area contributed by atoms with Gasteiger partial charge in [-0.1, -0.05) is 297 Å². The van der Waals surface area contributed by atoms with E-state index in [9.17, 15) is 14.7 Å². The Bertz CT molecular complexity index is 990. The quantitative estimate of drug-likeness (QED) is 0.0372. The number of rotatable bonds is 59. The van der Waals surface area contributed by atoms with E-state index < -0.39 is 0 Å². The van der Waals surface area contributed by atoms with Crippen LogP contribution in [0.3, 0.4) is 0 Å². The molecule has 416 valence electrons. The van der Waals surface area contributed by atoms with E-state index in [0.29, 0.717) is 13.2 Å². The summed E-state index contributed by atoms with van der Waals surface area (Å²) in [5, 5.41) is 9.36. The lowest BCUT2D eigenvalue weighted by Crippen LogP contribution is -2.26. The average molecular weight is 989 g/mol. The molecule has 0 aliphatic carbocycles. The lowest BCUT2D eigenvalue weighted by atomic mass is 9.94. The molecule has 6 nitrogen and oxygen atoms in total. The van der Waals surface area contributed by atoms with Crippen LogP contribution < -0.4 is 0 Å². The number of hydrogen-bond donors (Lipinski definition) is 1. The highest BCUT2D eigenvalue weighted by Gasteiger charge is 2.21. The minimum absolute atomic E-state index is 0.0664. The molecule has 0 aromatic carbocycles. The van der Waals surface area contributed by atoms with Gasteiger partial charge in [0.1, 0.15) is 0 Å². The van der Waals surface area contributed by atoms with E-state index in [0.717, 1.165) is 122 Å². The molecule has 0 rings (SSSR count). The summed E-state index contributed by atoms with van der Waals surface area (Å²) >= 11 is 0. The molecule has 2 unspecified atom stereocenters. The Morgan fingerprint density at radius 1 is 0.343 bits per heavy atom. The topological polar surface area (TPSA) is 76.1 Å². The Morgan fingerprint density at radius 2 is 0.586 bits per heavy atom. The van der Waals surface area contributed by atoms with E-state index in [2.05, 4.69) is 38.7 Å². The summed E-state index contributed by atoms with van der Waals surface area (Å²) < 4.78 is 11.9. The van der Waals surface area contributed by atoms with E-state index in [1.165, 1.54) is 205 Å². The Morgan fingerprint density at radius 3 is 0.857 bits per heavy atom. The van der Waals surface area contributed by atoms with Crippen LogP contribution in [-0.4, -0.2) is 61.4 Å². The van der Waals surface area contributed by atoms with E-state index in [4.69, 9.17) is 9.47 Å². The average Bonchev–Trinajstić information content (AvgIpc) is 3.36. The van der Waals surface area contributed by atoms with Gasteiger partial charge in [0.15, 0.2) is 0 Å². The largest absolute Gasteiger partial charge is 0.465 e. The third kappa shape index (κ3) is 50.1. The summed E-state index contributed by atoms with van der Waals surface area (Å²) in [6, 6.07) is 0. The van der Waals surface area contributed by atoms with Crippen LogP contribution in [0.4, 0.5) is 0 Å². The Labute approximate surface area is 438 Å². The highest BCUT2D eigenvalue weighted by atomic mass is 16.5. The first-order valence-corrected chi connectivity index (χ1v) is 31.8. The predicted octanol–water partition coefficient (Wildman–Crippen LogP) is 20.0. The second kappa shape index (κ2) is 58.5. The van der Waals surface area contributed by atoms with Crippen LogP contribution >= 0.6 is 0 Å². The van der Waals surface area contributed by atoms with Crippen LogP contribution in [0.1, 0.15) is 336 Å². The maximum absolute atomic E-state index is 13.3. The van der Waals surface area contributed by atoms with Gasteiger partial charge < -0.3 is 14.6 Å². The van der Waals surface area contributed by atoms with Crippen LogP contribution in [0.15, 0.2) is 12.2 Å². The van der Waals surface area contributed by atoms with Gasteiger partial charge >= 0.3 is 11.9 Å². The van der Waals surface area contributed by atoms with Gasteiger partial charge in [-0.05, 0) is 64.5 Å². The zero-order valence-electron chi connectivity index (χ0n) is 48.0. The standard InChI is InChI=1S/C64H125NO5/c1-5-9-13-17-21-25-27-31-35-43-53-61(51-41-33-29-23-19-15-11-7-3)63(67)69-59-49-39-37-45-55-65(57-47-48-58-66)56-46-38-40-50-60-70-64(68)62(52-42-34-30-24-20-16-12-8-4)54-44-36-32-28-26-22-18-14-10-6-2/h47-48,61-62,66H,5-46,49-60H2,1-4H3/b48-47+. The highest BCUT2D eigenvalue weighted by molar-refractivity contribution is 5.72. The number of aliphatic hydroxyl groups is 1. The second-order valence-electron chi connectivity index (χ2n) is 22.0. The number of unbranched alkanes of at least 4 members (excludes halogenated alkanes) is 38. The molecule has 0 aromatic heterocycles. The first-order chi connectivity index (χ1) is 34.5. The second-order valence-corrected chi connectivity index (χ2v) is 22.0. The molecule has 0 fully saturated rings. The first-order valence-electron chi connectivity index (χ1n) is 31.8. The van der Waals surface area contributed by atoms with Gasteiger partial charge in [-0.2, -0.15) is 0 Å². The van der Waals surface area contributed by atoms with Crippen LogP contribution in [0.25, 0.3) is 0 Å². The van der Waals surface area contributed by atoms with Gasteiger partial charge in [-0.3, -0.25) is 14.5 Å². The van der Waals surface area contributed by atoms with E-state index in [1.54, 1.807) is 0 Å². The van der Waals surface area contributed by atoms with Gasteiger partial charge in [0, 0.05) is 6.54 Å². The van der Waals surface area contributed by atoms with Crippen molar-refractivity contribution in [2.45, 2.75) is 336 Å². The summed E-state index contributed by atoms with van der Waals surface area (Å²) in [6.07, 6.45) is 64.0. The SMILES string of the molecule is CCCCCCCCCCCCC(CCCCCCCCCC)C(=O)OCCCCCCN(C/C=C/CO)CCCCCCOC(=O)C(CCCCCCCCCC)CCCCCCCCCCCC. The van der Waals surface area contributed by atoms with Crippen molar-refractivity contribution in [2.24, 2.45) is 11.8 Å². The van der Waals surface area contributed by atoms with Gasteiger partial charge in [0.25, 0.3) is 0 Å². The molecule has 0 saturated heterocycles. The predicted molar refractivity (Wildman–Crippen MR) is 306 cm³/mol. The molecule has 0 aliphatic rings. The molecule has 0 aliphatic heterocycles. The first kappa shape index (κ1) is 68.6. The summed E-state index contributed by atoms with van der Waals surface area (Å²) in [5.74, 6) is 0.291. The zero-order chi connectivity index (χ0) is 50.9. The van der Waals surface area contributed by atoms with E-state index in [-0.39, 0.29) is 30.4 Å². The van der Waals surface area contributed by atoms with Crippen LogP contribution in [0, 0.1) is 11.8 Å². The highest BCUT2D eigenvalue weighted by Crippen LogP contribution is 2.24. The minimum atomic E-state index is 0.0664. The Kier molecular flexibility index (Phi) is 57.3. The van der Waals surface area contributed by atoms with Crippen LogP contribution in [0.5, 0.6) is 0 Å². The third-order valence-corrected chi connectivity index (χ3v) is 15.2. The van der Waals surface area contributed by atoms with Crippen molar-refractivity contribution in [3.05, 3.63) is 12.2 Å². The zero-order valence-corrected chi connectivity index (χ0v) is 48.0. The van der Waals surface area contributed by atoms with Crippen molar-refractivity contribution in [2.75, 3.05) is 39.5 Å². The summed E-state index contributed by atoms with van der Waals surface area (Å²) in [5.41, 5.74) is 0. The maximum atomic E-state index is 13.3. The molecule has 70 heavy (non-hydrogen) atoms. The number of hydrogen-bond acceptors (Lipinski definition) is 6. The third-order valence-electron chi connectivity index (χ3n) is 15.2. The van der Waals surface area contributed by atoms with Crippen molar-refractivity contribution >= 4 is 11.9 Å².